The maximum Gasteiger partial charge on any atom is 0.232 e. The lowest BCUT2D eigenvalue weighted by molar-refractivity contribution is -0.127. The van der Waals surface area contributed by atoms with E-state index >= 15 is 0 Å². The molecule has 0 aromatic heterocycles. The number of rotatable bonds is 5. The van der Waals surface area contributed by atoms with E-state index in [1.807, 2.05) is 13.8 Å². The summed E-state index contributed by atoms with van der Waals surface area (Å²) in [6, 6.07) is 0.450. The van der Waals surface area contributed by atoms with Gasteiger partial charge in [-0.05, 0) is 39.8 Å². The molecule has 5 heteroatoms. The van der Waals surface area contributed by atoms with Crippen molar-refractivity contribution in [2.45, 2.75) is 39.2 Å². The Balaban J connectivity index is 2.51. The minimum Gasteiger partial charge on any atom is -0.392 e. The first-order valence-electron chi connectivity index (χ1n) is 6.20. The van der Waals surface area contributed by atoms with Crippen LogP contribution in [0.1, 0.15) is 33.1 Å². The number of nitrogens with two attached hydrogens (primary N) is 1. The number of carbonyl (C=O) groups is 1. The van der Waals surface area contributed by atoms with E-state index in [-0.39, 0.29) is 10.9 Å². The average Bonchev–Trinajstić information content (AvgIpc) is 2.70. The number of carbonyl (C=O) groups excluding carboxylic acids is 1. The highest BCUT2D eigenvalue weighted by molar-refractivity contribution is 7.80. The molecule has 1 aliphatic heterocycles. The van der Waals surface area contributed by atoms with E-state index in [1.54, 1.807) is 0 Å². The summed E-state index contributed by atoms with van der Waals surface area (Å²) in [6.07, 6.45) is 2.98. The Morgan fingerprint density at radius 2 is 2.29 bits per heavy atom. The van der Waals surface area contributed by atoms with Gasteiger partial charge in [-0.1, -0.05) is 19.1 Å². The molecule has 0 spiro atoms. The van der Waals surface area contributed by atoms with Crippen molar-refractivity contribution in [1.82, 2.24) is 10.2 Å². The van der Waals surface area contributed by atoms with Crippen LogP contribution in [-0.4, -0.2) is 42.0 Å². The van der Waals surface area contributed by atoms with Gasteiger partial charge in [-0.2, -0.15) is 0 Å². The number of thiocarbonyl (C=S) groups is 1. The lowest BCUT2D eigenvalue weighted by Gasteiger charge is -2.27. The first-order valence-corrected chi connectivity index (χ1v) is 6.61. The first-order chi connectivity index (χ1) is 7.91. The van der Waals surface area contributed by atoms with Gasteiger partial charge in [0.2, 0.25) is 5.91 Å². The number of likely N-dealkylation sites (tertiary alicyclic amines) is 1. The normalized spacial score (nSPS) is 24.3. The number of likely N-dealkylation sites (N-methyl/N-ethyl adjacent to an activating group) is 1. The molecule has 1 saturated heterocycles. The van der Waals surface area contributed by atoms with Gasteiger partial charge < -0.3 is 16.0 Å². The van der Waals surface area contributed by atoms with Crippen LogP contribution in [0.4, 0.5) is 0 Å². The number of amides is 1. The van der Waals surface area contributed by atoms with Crippen molar-refractivity contribution in [2.24, 2.45) is 11.1 Å². The Morgan fingerprint density at radius 3 is 2.71 bits per heavy atom. The summed E-state index contributed by atoms with van der Waals surface area (Å²) in [4.78, 5) is 14.7. The second-order valence-electron chi connectivity index (χ2n) is 5.04. The third kappa shape index (κ3) is 3.16. The quantitative estimate of drug-likeness (QED) is 0.719. The van der Waals surface area contributed by atoms with Crippen molar-refractivity contribution in [3.8, 4) is 0 Å². The van der Waals surface area contributed by atoms with Crippen LogP contribution in [0.15, 0.2) is 0 Å². The highest BCUT2D eigenvalue weighted by Gasteiger charge is 2.35. The molecule has 2 atom stereocenters. The van der Waals surface area contributed by atoms with E-state index in [1.165, 1.54) is 6.42 Å². The molecule has 3 N–H and O–H groups in total. The SMILES string of the molecule is CCC(C)(C(=O)NCC1CCCN1C)C(N)=S. The molecule has 0 aromatic rings. The Bertz CT molecular complexity index is 308. The Morgan fingerprint density at radius 1 is 1.65 bits per heavy atom. The predicted molar refractivity (Wildman–Crippen MR) is 73.8 cm³/mol. The molecule has 2 unspecified atom stereocenters. The zero-order valence-corrected chi connectivity index (χ0v) is 11.8. The van der Waals surface area contributed by atoms with E-state index in [2.05, 4.69) is 17.3 Å². The summed E-state index contributed by atoms with van der Waals surface area (Å²) in [6.45, 7) is 5.54. The molecule has 1 amide bonds. The number of hydrogen-bond donors (Lipinski definition) is 2. The zero-order valence-electron chi connectivity index (χ0n) is 11.0. The highest BCUT2D eigenvalue weighted by atomic mass is 32.1. The molecule has 0 radical (unpaired) electrons. The van der Waals surface area contributed by atoms with Crippen LogP contribution in [0.2, 0.25) is 0 Å². The standard InChI is InChI=1S/C12H23N3OS/c1-4-12(2,10(13)17)11(16)14-8-9-6-5-7-15(9)3/h9H,4-8H2,1-3H3,(H2,13,17)(H,14,16). The minimum absolute atomic E-state index is 0.0483. The molecule has 0 saturated carbocycles. The molecule has 1 aliphatic rings. The van der Waals surface area contributed by atoms with E-state index < -0.39 is 5.41 Å². The Kier molecular flexibility index (Phi) is 4.89. The summed E-state index contributed by atoms with van der Waals surface area (Å²) in [5, 5.41) is 2.98. The molecule has 0 aromatic carbocycles. The van der Waals surface area contributed by atoms with Crippen molar-refractivity contribution in [1.29, 1.82) is 0 Å². The highest BCUT2D eigenvalue weighted by Crippen LogP contribution is 2.22. The fourth-order valence-electron chi connectivity index (χ4n) is 2.09. The van der Waals surface area contributed by atoms with Crippen LogP contribution in [0, 0.1) is 5.41 Å². The monoisotopic (exact) mass is 257 g/mol. The van der Waals surface area contributed by atoms with Gasteiger partial charge in [0, 0.05) is 12.6 Å². The lowest BCUT2D eigenvalue weighted by Crippen LogP contribution is -2.49. The summed E-state index contributed by atoms with van der Waals surface area (Å²) in [7, 11) is 2.09. The summed E-state index contributed by atoms with van der Waals surface area (Å²) < 4.78 is 0. The first kappa shape index (κ1) is 14.4. The molecule has 98 valence electrons. The fourth-order valence-corrected chi connectivity index (χ4v) is 2.33. The molecular formula is C12H23N3OS. The Labute approximate surface area is 109 Å². The largest absolute Gasteiger partial charge is 0.392 e. The van der Waals surface area contributed by atoms with Gasteiger partial charge in [0.05, 0.1) is 10.4 Å². The predicted octanol–water partition coefficient (Wildman–Crippen LogP) is 0.899. The summed E-state index contributed by atoms with van der Waals surface area (Å²) in [5.41, 5.74) is 4.94. The van der Waals surface area contributed by atoms with Crippen molar-refractivity contribution < 1.29 is 4.79 Å². The van der Waals surface area contributed by atoms with Crippen LogP contribution in [0.3, 0.4) is 0 Å². The van der Waals surface area contributed by atoms with E-state index in [0.29, 0.717) is 19.0 Å². The minimum atomic E-state index is -0.716. The van der Waals surface area contributed by atoms with Gasteiger partial charge >= 0.3 is 0 Å². The molecule has 4 nitrogen and oxygen atoms in total. The molecule has 0 aliphatic carbocycles. The second-order valence-corrected chi connectivity index (χ2v) is 5.48. The molecular weight excluding hydrogens is 234 g/mol. The molecule has 17 heavy (non-hydrogen) atoms. The van der Waals surface area contributed by atoms with E-state index in [0.717, 1.165) is 13.0 Å². The maximum atomic E-state index is 12.1. The zero-order chi connectivity index (χ0) is 13.1. The van der Waals surface area contributed by atoms with Gasteiger partial charge in [-0.15, -0.1) is 0 Å². The summed E-state index contributed by atoms with van der Waals surface area (Å²) in [5.74, 6) is -0.0483. The van der Waals surface area contributed by atoms with Crippen molar-refractivity contribution in [2.75, 3.05) is 20.1 Å². The van der Waals surface area contributed by atoms with Crippen LogP contribution in [0.25, 0.3) is 0 Å². The smallest absolute Gasteiger partial charge is 0.232 e. The van der Waals surface area contributed by atoms with Crippen LogP contribution in [-0.2, 0) is 4.79 Å². The number of nitrogens with one attached hydrogen (secondary N) is 1. The lowest BCUT2D eigenvalue weighted by atomic mass is 9.86. The third-order valence-corrected chi connectivity index (χ3v) is 4.37. The van der Waals surface area contributed by atoms with Gasteiger partial charge in [0.15, 0.2) is 0 Å². The maximum absolute atomic E-state index is 12.1. The van der Waals surface area contributed by atoms with Gasteiger partial charge in [-0.3, -0.25) is 4.79 Å². The van der Waals surface area contributed by atoms with Crippen LogP contribution in [0.5, 0.6) is 0 Å². The van der Waals surface area contributed by atoms with E-state index in [9.17, 15) is 4.79 Å². The molecule has 1 rings (SSSR count). The van der Waals surface area contributed by atoms with Crippen molar-refractivity contribution in [3.05, 3.63) is 0 Å². The number of hydrogen-bond acceptors (Lipinski definition) is 3. The average molecular weight is 257 g/mol. The Hall–Kier alpha value is -0.680. The third-order valence-electron chi connectivity index (χ3n) is 3.92. The molecule has 0 bridgehead atoms. The topological polar surface area (TPSA) is 58.4 Å². The van der Waals surface area contributed by atoms with Gasteiger partial charge in [0.25, 0.3) is 0 Å². The van der Waals surface area contributed by atoms with Crippen molar-refractivity contribution >= 4 is 23.1 Å². The van der Waals surface area contributed by atoms with Gasteiger partial charge in [0.1, 0.15) is 0 Å². The number of nitrogens with zero attached hydrogens (tertiary/aromatic N) is 1. The molecule has 1 fully saturated rings. The summed E-state index contributed by atoms with van der Waals surface area (Å²) >= 11 is 4.98. The fraction of sp³-hybridized carbons (Fsp3) is 0.833. The van der Waals surface area contributed by atoms with Crippen LogP contribution < -0.4 is 11.1 Å². The second kappa shape index (κ2) is 5.78. The van der Waals surface area contributed by atoms with Crippen LogP contribution >= 0.6 is 12.2 Å². The van der Waals surface area contributed by atoms with Gasteiger partial charge in [-0.25, -0.2) is 0 Å². The van der Waals surface area contributed by atoms with Crippen molar-refractivity contribution in [3.63, 3.8) is 0 Å². The molecule has 1 heterocycles. The van der Waals surface area contributed by atoms with E-state index in [4.69, 9.17) is 18.0 Å².